The van der Waals surface area contributed by atoms with E-state index in [1.54, 1.807) is 6.92 Å². The summed E-state index contributed by atoms with van der Waals surface area (Å²) in [7, 11) is 0. The molecule has 0 bridgehead atoms. The molecule has 0 saturated carbocycles. The van der Waals surface area contributed by atoms with E-state index in [9.17, 15) is 18.0 Å². The molecule has 0 radical (unpaired) electrons. The number of carbonyl (C=O) groups is 1. The molecular formula is C13H11F3N2O2. The zero-order valence-corrected chi connectivity index (χ0v) is 10.5. The van der Waals surface area contributed by atoms with Crippen LogP contribution in [0.1, 0.15) is 17.0 Å². The van der Waals surface area contributed by atoms with Gasteiger partial charge in [0.25, 0.3) is 0 Å². The van der Waals surface area contributed by atoms with Crippen LogP contribution < -0.4 is 0 Å². The third-order valence-electron chi connectivity index (χ3n) is 2.79. The number of hydrogen-bond donors (Lipinski definition) is 2. The molecular weight excluding hydrogens is 273 g/mol. The number of H-pyrrole nitrogens is 1. The second-order valence-corrected chi connectivity index (χ2v) is 4.30. The van der Waals surface area contributed by atoms with Gasteiger partial charge < -0.3 is 10.1 Å². The van der Waals surface area contributed by atoms with Crippen molar-refractivity contribution in [1.29, 1.82) is 0 Å². The Balaban J connectivity index is 2.30. The molecule has 20 heavy (non-hydrogen) atoms. The van der Waals surface area contributed by atoms with Gasteiger partial charge in [-0.25, -0.2) is 4.98 Å². The lowest BCUT2D eigenvalue weighted by atomic mass is 10.1. The lowest BCUT2D eigenvalue weighted by Crippen LogP contribution is -2.04. The van der Waals surface area contributed by atoms with Gasteiger partial charge in [0.2, 0.25) is 0 Å². The van der Waals surface area contributed by atoms with Crippen LogP contribution in [0, 0.1) is 6.92 Å². The van der Waals surface area contributed by atoms with Gasteiger partial charge in [-0.3, -0.25) is 4.79 Å². The highest BCUT2D eigenvalue weighted by atomic mass is 19.4. The van der Waals surface area contributed by atoms with Gasteiger partial charge >= 0.3 is 12.1 Å². The minimum atomic E-state index is -4.38. The number of halogens is 3. The summed E-state index contributed by atoms with van der Waals surface area (Å²) in [5.74, 6) is -0.661. The molecule has 7 heteroatoms. The molecule has 0 atom stereocenters. The number of alkyl halides is 3. The van der Waals surface area contributed by atoms with Crippen LogP contribution in [0.25, 0.3) is 11.4 Å². The highest BCUT2D eigenvalue weighted by Gasteiger charge is 2.30. The highest BCUT2D eigenvalue weighted by Crippen LogP contribution is 2.30. The first-order chi connectivity index (χ1) is 9.27. The molecule has 0 amide bonds. The van der Waals surface area contributed by atoms with Crippen molar-refractivity contribution in [2.45, 2.75) is 19.5 Å². The summed E-state index contributed by atoms with van der Waals surface area (Å²) in [6.45, 7) is 1.67. The van der Waals surface area contributed by atoms with Crippen LogP contribution in [0.15, 0.2) is 24.3 Å². The molecule has 0 aliphatic carbocycles. The number of imidazole rings is 1. The van der Waals surface area contributed by atoms with Crippen molar-refractivity contribution in [2.24, 2.45) is 0 Å². The average molecular weight is 284 g/mol. The van der Waals surface area contributed by atoms with Crippen LogP contribution >= 0.6 is 0 Å². The van der Waals surface area contributed by atoms with E-state index in [-0.39, 0.29) is 6.42 Å². The van der Waals surface area contributed by atoms with Crippen molar-refractivity contribution in [3.05, 3.63) is 41.2 Å². The predicted octanol–water partition coefficient (Wildman–Crippen LogP) is 3.03. The second-order valence-electron chi connectivity index (χ2n) is 4.30. The molecule has 0 aliphatic heterocycles. The molecule has 0 fully saturated rings. The lowest BCUT2D eigenvalue weighted by Gasteiger charge is -2.06. The van der Waals surface area contributed by atoms with Crippen LogP contribution in [0.3, 0.4) is 0 Å². The fourth-order valence-electron chi connectivity index (χ4n) is 1.77. The number of benzene rings is 1. The Kier molecular flexibility index (Phi) is 3.52. The number of nitrogens with zero attached hydrogens (tertiary/aromatic N) is 1. The van der Waals surface area contributed by atoms with Gasteiger partial charge in [0.1, 0.15) is 5.82 Å². The normalized spacial score (nSPS) is 11.6. The number of nitrogens with one attached hydrogen (secondary N) is 1. The first kappa shape index (κ1) is 14.1. The Morgan fingerprint density at radius 1 is 1.30 bits per heavy atom. The summed E-state index contributed by atoms with van der Waals surface area (Å²) in [6, 6.07) is 4.52. The SMILES string of the molecule is Cc1[nH]c(-c2ccc(C(F)(F)F)cc2)nc1CC(=O)O. The van der Waals surface area contributed by atoms with Crippen molar-refractivity contribution in [3.63, 3.8) is 0 Å². The van der Waals surface area contributed by atoms with E-state index in [4.69, 9.17) is 5.11 Å². The van der Waals surface area contributed by atoms with Gasteiger partial charge in [0, 0.05) is 11.3 Å². The molecule has 2 rings (SSSR count). The third-order valence-corrected chi connectivity index (χ3v) is 2.79. The van der Waals surface area contributed by atoms with E-state index in [1.165, 1.54) is 12.1 Å². The van der Waals surface area contributed by atoms with E-state index in [2.05, 4.69) is 9.97 Å². The Hall–Kier alpha value is -2.31. The third kappa shape index (κ3) is 2.98. The number of rotatable bonds is 3. The number of aryl methyl sites for hydroxylation is 1. The van der Waals surface area contributed by atoms with Gasteiger partial charge in [-0.15, -0.1) is 0 Å². The number of carboxylic acid groups (broad SMARTS) is 1. The summed E-state index contributed by atoms with van der Waals surface area (Å²) in [5, 5.41) is 8.72. The number of aromatic amines is 1. The van der Waals surface area contributed by atoms with Crippen LogP contribution in [-0.2, 0) is 17.4 Å². The van der Waals surface area contributed by atoms with Gasteiger partial charge in [0.15, 0.2) is 0 Å². The first-order valence-corrected chi connectivity index (χ1v) is 5.72. The Morgan fingerprint density at radius 3 is 2.40 bits per heavy atom. The summed E-state index contributed by atoms with van der Waals surface area (Å²) in [6.07, 6.45) is -4.62. The molecule has 0 unspecified atom stereocenters. The smallest absolute Gasteiger partial charge is 0.416 e. The number of aliphatic carboxylic acids is 1. The quantitative estimate of drug-likeness (QED) is 0.910. The van der Waals surface area contributed by atoms with Crippen molar-refractivity contribution >= 4 is 5.97 Å². The van der Waals surface area contributed by atoms with Crippen LogP contribution in [0.4, 0.5) is 13.2 Å². The highest BCUT2D eigenvalue weighted by molar-refractivity contribution is 5.70. The zero-order chi connectivity index (χ0) is 14.9. The van der Waals surface area contributed by atoms with Crippen molar-refractivity contribution < 1.29 is 23.1 Å². The van der Waals surface area contributed by atoms with Gasteiger partial charge in [-0.2, -0.15) is 13.2 Å². The predicted molar refractivity (Wildman–Crippen MR) is 65.1 cm³/mol. The van der Waals surface area contributed by atoms with Crippen molar-refractivity contribution in [2.75, 3.05) is 0 Å². The molecule has 1 aromatic heterocycles. The summed E-state index contributed by atoms with van der Waals surface area (Å²) in [4.78, 5) is 17.6. The number of carboxylic acids is 1. The van der Waals surface area contributed by atoms with Gasteiger partial charge in [-0.1, -0.05) is 12.1 Å². The van der Waals surface area contributed by atoms with Crippen molar-refractivity contribution in [1.82, 2.24) is 9.97 Å². The van der Waals surface area contributed by atoms with E-state index >= 15 is 0 Å². The van der Waals surface area contributed by atoms with Crippen molar-refractivity contribution in [3.8, 4) is 11.4 Å². The Morgan fingerprint density at radius 2 is 1.90 bits per heavy atom. The molecule has 2 N–H and O–H groups in total. The monoisotopic (exact) mass is 284 g/mol. The van der Waals surface area contributed by atoms with Gasteiger partial charge in [0.05, 0.1) is 17.7 Å². The summed E-state index contributed by atoms with van der Waals surface area (Å²) < 4.78 is 37.3. The Bertz CT molecular complexity index is 630. The fraction of sp³-hybridized carbons (Fsp3) is 0.231. The van der Waals surface area contributed by atoms with Crippen LogP contribution in [-0.4, -0.2) is 21.0 Å². The minimum absolute atomic E-state index is 0.233. The molecule has 2 aromatic rings. The van der Waals surface area contributed by atoms with E-state index in [0.717, 1.165) is 12.1 Å². The topological polar surface area (TPSA) is 66.0 Å². The summed E-state index contributed by atoms with van der Waals surface area (Å²) in [5.41, 5.74) is 0.683. The molecule has 0 saturated heterocycles. The number of aromatic nitrogens is 2. The second kappa shape index (κ2) is 4.99. The number of hydrogen-bond acceptors (Lipinski definition) is 2. The molecule has 1 heterocycles. The van der Waals surface area contributed by atoms with E-state index < -0.39 is 17.7 Å². The largest absolute Gasteiger partial charge is 0.481 e. The lowest BCUT2D eigenvalue weighted by molar-refractivity contribution is -0.138. The van der Waals surface area contributed by atoms with E-state index in [1.807, 2.05) is 0 Å². The average Bonchev–Trinajstić information content (AvgIpc) is 2.69. The fourth-order valence-corrected chi connectivity index (χ4v) is 1.77. The maximum Gasteiger partial charge on any atom is 0.416 e. The zero-order valence-electron chi connectivity index (χ0n) is 10.5. The molecule has 106 valence electrons. The maximum atomic E-state index is 12.4. The van der Waals surface area contributed by atoms with Gasteiger partial charge in [-0.05, 0) is 19.1 Å². The summed E-state index contributed by atoms with van der Waals surface area (Å²) >= 11 is 0. The van der Waals surface area contributed by atoms with E-state index in [0.29, 0.717) is 22.8 Å². The molecule has 1 aromatic carbocycles. The first-order valence-electron chi connectivity index (χ1n) is 5.72. The minimum Gasteiger partial charge on any atom is -0.481 e. The molecule has 0 aliphatic rings. The van der Waals surface area contributed by atoms with Crippen LogP contribution in [0.5, 0.6) is 0 Å². The maximum absolute atomic E-state index is 12.4. The molecule has 4 nitrogen and oxygen atoms in total. The Labute approximate surface area is 112 Å². The van der Waals surface area contributed by atoms with Crippen LogP contribution in [0.2, 0.25) is 0 Å². The molecule has 0 spiro atoms. The standard InChI is InChI=1S/C13H11F3N2O2/c1-7-10(6-11(19)20)18-12(17-7)8-2-4-9(5-3-8)13(14,15)16/h2-5H,6H2,1H3,(H,17,18)(H,19,20).